The Hall–Kier alpha value is -2.80. The van der Waals surface area contributed by atoms with Crippen molar-refractivity contribution >= 4 is 23.2 Å². The van der Waals surface area contributed by atoms with Crippen LogP contribution in [-0.4, -0.2) is 43.2 Å². The van der Waals surface area contributed by atoms with Crippen LogP contribution in [0.1, 0.15) is 29.0 Å². The topological polar surface area (TPSA) is 68.0 Å². The second kappa shape index (κ2) is 5.85. The van der Waals surface area contributed by atoms with Crippen molar-refractivity contribution in [1.82, 2.24) is 24.2 Å². The van der Waals surface area contributed by atoms with Gasteiger partial charge in [0.05, 0.1) is 22.4 Å². The molecular formula is C19H19ClN6O. The maximum Gasteiger partial charge on any atom is 0.273 e. The lowest BCUT2D eigenvalue weighted by atomic mass is 9.82. The average Bonchev–Trinajstić information content (AvgIpc) is 3.30. The number of piperidine rings is 1. The molecule has 27 heavy (non-hydrogen) atoms. The molecule has 0 radical (unpaired) electrons. The molecule has 0 atom stereocenters. The van der Waals surface area contributed by atoms with Crippen molar-refractivity contribution in [2.45, 2.75) is 18.4 Å². The van der Waals surface area contributed by atoms with Gasteiger partial charge in [-0.1, -0.05) is 11.6 Å². The van der Waals surface area contributed by atoms with Crippen molar-refractivity contribution in [2.24, 2.45) is 7.05 Å². The van der Waals surface area contributed by atoms with Crippen molar-refractivity contribution in [3.63, 3.8) is 0 Å². The van der Waals surface area contributed by atoms with Gasteiger partial charge in [0.1, 0.15) is 5.69 Å². The van der Waals surface area contributed by atoms with Gasteiger partial charge in [-0.15, -0.1) is 0 Å². The van der Waals surface area contributed by atoms with Crippen LogP contribution in [-0.2, 0) is 12.6 Å². The fraction of sp³-hybridized carbons (Fsp3) is 0.316. The summed E-state index contributed by atoms with van der Waals surface area (Å²) in [6, 6.07) is 8.19. The Balaban J connectivity index is 1.43. The van der Waals surface area contributed by atoms with E-state index < -0.39 is 0 Å². The van der Waals surface area contributed by atoms with Gasteiger partial charge in [-0.3, -0.25) is 9.48 Å². The lowest BCUT2D eigenvalue weighted by Gasteiger charge is -2.45. The van der Waals surface area contributed by atoms with E-state index in [4.69, 9.17) is 11.6 Å². The Labute approximate surface area is 161 Å². The lowest BCUT2D eigenvalue weighted by molar-refractivity contribution is 0.0665. The fourth-order valence-corrected chi connectivity index (χ4v) is 4.48. The van der Waals surface area contributed by atoms with Gasteiger partial charge >= 0.3 is 0 Å². The summed E-state index contributed by atoms with van der Waals surface area (Å²) in [5, 5.41) is 8.18. The molecule has 1 N–H and O–H groups in total. The molecule has 138 valence electrons. The van der Waals surface area contributed by atoms with Crippen molar-refractivity contribution in [3.05, 3.63) is 59.3 Å². The van der Waals surface area contributed by atoms with E-state index >= 15 is 0 Å². The van der Waals surface area contributed by atoms with Crippen LogP contribution in [0.4, 0.5) is 5.69 Å². The second-order valence-electron chi connectivity index (χ2n) is 7.10. The number of likely N-dealkylation sites (tertiary alicyclic amines) is 1. The Morgan fingerprint density at radius 1 is 1.26 bits per heavy atom. The molecule has 7 nitrogen and oxygen atoms in total. The molecule has 8 heteroatoms. The molecule has 1 amide bonds. The number of nitrogens with zero attached hydrogens (tertiary/aromatic N) is 5. The third-order valence-electron chi connectivity index (χ3n) is 5.63. The number of rotatable bonds is 1. The van der Waals surface area contributed by atoms with Crippen molar-refractivity contribution < 1.29 is 4.79 Å². The van der Waals surface area contributed by atoms with Gasteiger partial charge in [-0.05, 0) is 37.1 Å². The number of anilines is 1. The summed E-state index contributed by atoms with van der Waals surface area (Å²) in [5.41, 5.74) is 2.46. The smallest absolute Gasteiger partial charge is 0.273 e. The average molecular weight is 383 g/mol. The summed E-state index contributed by atoms with van der Waals surface area (Å²) in [4.78, 5) is 19.3. The van der Waals surface area contributed by atoms with Gasteiger partial charge in [0.2, 0.25) is 0 Å². The van der Waals surface area contributed by atoms with E-state index in [-0.39, 0.29) is 11.4 Å². The van der Waals surface area contributed by atoms with Gasteiger partial charge < -0.3 is 14.8 Å². The molecule has 1 saturated heterocycles. The van der Waals surface area contributed by atoms with Crippen LogP contribution in [0.25, 0.3) is 5.82 Å². The van der Waals surface area contributed by atoms with Crippen LogP contribution in [0.5, 0.6) is 0 Å². The molecule has 2 aliphatic rings. The minimum Gasteiger partial charge on any atom is -0.371 e. The Morgan fingerprint density at radius 2 is 2.07 bits per heavy atom. The number of halogens is 1. The minimum atomic E-state index is -0.202. The van der Waals surface area contributed by atoms with Crippen LogP contribution >= 0.6 is 11.6 Å². The summed E-state index contributed by atoms with van der Waals surface area (Å²) >= 11 is 6.16. The summed E-state index contributed by atoms with van der Waals surface area (Å²) < 4.78 is 3.70. The van der Waals surface area contributed by atoms with E-state index in [0.29, 0.717) is 23.8 Å². The number of aryl methyl sites for hydroxylation is 1. The number of carbonyl (C=O) groups is 1. The van der Waals surface area contributed by atoms with Crippen LogP contribution in [0.3, 0.4) is 0 Å². The third-order valence-corrected chi connectivity index (χ3v) is 5.91. The van der Waals surface area contributed by atoms with E-state index in [1.807, 2.05) is 11.0 Å². The molecular weight excluding hydrogens is 364 g/mol. The summed E-state index contributed by atoms with van der Waals surface area (Å²) in [7, 11) is 1.74. The number of hydrogen-bond acceptors (Lipinski definition) is 4. The molecule has 2 aliphatic heterocycles. The highest BCUT2D eigenvalue weighted by Crippen LogP contribution is 2.42. The summed E-state index contributed by atoms with van der Waals surface area (Å²) in [6.07, 6.45) is 7.00. The highest BCUT2D eigenvalue weighted by molar-refractivity contribution is 6.33. The molecule has 0 aromatic carbocycles. The van der Waals surface area contributed by atoms with Crippen LogP contribution in [0.2, 0.25) is 5.02 Å². The number of hydrogen-bond donors (Lipinski definition) is 1. The Bertz CT molecular complexity index is 1010. The first kappa shape index (κ1) is 16.4. The molecule has 0 aliphatic carbocycles. The molecule has 5 rings (SSSR count). The second-order valence-corrected chi connectivity index (χ2v) is 7.51. The molecule has 0 bridgehead atoms. The molecule has 1 fully saturated rings. The molecule has 5 heterocycles. The zero-order valence-electron chi connectivity index (χ0n) is 14.9. The largest absolute Gasteiger partial charge is 0.371 e. The van der Waals surface area contributed by atoms with Crippen LogP contribution < -0.4 is 5.32 Å². The first-order valence-electron chi connectivity index (χ1n) is 8.97. The number of pyridine rings is 1. The van der Waals surface area contributed by atoms with Crippen LogP contribution in [0.15, 0.2) is 42.9 Å². The lowest BCUT2D eigenvalue weighted by Crippen LogP contribution is -2.51. The van der Waals surface area contributed by atoms with Gasteiger partial charge in [-0.25, -0.2) is 4.98 Å². The SMILES string of the molecule is Cn1ncc(Cl)c1C(=O)N1CCC2(CC1)Nc1cccnc1-n1cccc12. The first-order valence-corrected chi connectivity index (χ1v) is 9.35. The molecule has 3 aromatic rings. The third kappa shape index (κ3) is 2.38. The van der Waals surface area contributed by atoms with Crippen molar-refractivity contribution in [3.8, 4) is 5.82 Å². The zero-order valence-corrected chi connectivity index (χ0v) is 15.6. The monoisotopic (exact) mass is 382 g/mol. The Morgan fingerprint density at radius 3 is 2.81 bits per heavy atom. The number of aromatic nitrogens is 4. The van der Waals surface area contributed by atoms with Gasteiger partial charge in [0.25, 0.3) is 5.91 Å². The van der Waals surface area contributed by atoms with Gasteiger partial charge in [0, 0.05) is 38.2 Å². The molecule has 3 aromatic heterocycles. The summed E-state index contributed by atoms with van der Waals surface area (Å²) in [6.45, 7) is 1.29. The quantitative estimate of drug-likeness (QED) is 0.702. The number of nitrogens with one attached hydrogen (secondary N) is 1. The highest BCUT2D eigenvalue weighted by Gasteiger charge is 2.43. The summed E-state index contributed by atoms with van der Waals surface area (Å²) in [5.74, 6) is 0.853. The maximum atomic E-state index is 12.9. The minimum absolute atomic E-state index is 0.0666. The number of fused-ring (bicyclic) bond motifs is 4. The first-order chi connectivity index (χ1) is 13.1. The van der Waals surface area contributed by atoms with E-state index in [0.717, 1.165) is 24.3 Å². The van der Waals surface area contributed by atoms with Crippen molar-refractivity contribution in [1.29, 1.82) is 0 Å². The van der Waals surface area contributed by atoms with Crippen LogP contribution in [0, 0.1) is 0 Å². The number of carbonyl (C=O) groups excluding carboxylic acids is 1. The Kier molecular flexibility index (Phi) is 3.55. The number of amides is 1. The van der Waals surface area contributed by atoms with E-state index in [1.54, 1.807) is 17.9 Å². The van der Waals surface area contributed by atoms with E-state index in [9.17, 15) is 4.79 Å². The van der Waals surface area contributed by atoms with Gasteiger partial charge in [-0.2, -0.15) is 5.10 Å². The molecule has 0 unspecified atom stereocenters. The van der Waals surface area contributed by atoms with Gasteiger partial charge in [0.15, 0.2) is 5.82 Å². The van der Waals surface area contributed by atoms with E-state index in [2.05, 4.69) is 44.4 Å². The molecule has 0 saturated carbocycles. The maximum absolute atomic E-state index is 12.9. The highest BCUT2D eigenvalue weighted by atomic mass is 35.5. The standard InChI is InChI=1S/C19H19ClN6O/c1-24-16(13(20)12-22-24)18(27)25-10-6-19(7-11-25)15-5-3-9-26(15)17-14(23-19)4-2-8-21-17/h2-5,8-9,12,23H,6-7,10-11H2,1H3. The predicted molar refractivity (Wildman–Crippen MR) is 102 cm³/mol. The van der Waals surface area contributed by atoms with Crippen molar-refractivity contribution in [2.75, 3.05) is 18.4 Å². The zero-order chi connectivity index (χ0) is 18.6. The van der Waals surface area contributed by atoms with E-state index in [1.165, 1.54) is 11.9 Å². The predicted octanol–water partition coefficient (Wildman–Crippen LogP) is 2.82. The normalized spacial score (nSPS) is 17.3. The molecule has 1 spiro atoms. The fourth-order valence-electron chi connectivity index (χ4n) is 4.24.